The van der Waals surface area contributed by atoms with Gasteiger partial charge in [-0.15, -0.1) is 0 Å². The van der Waals surface area contributed by atoms with Gasteiger partial charge in [0, 0.05) is 0 Å². The lowest BCUT2D eigenvalue weighted by Gasteiger charge is -2.12. The van der Waals surface area contributed by atoms with Crippen molar-refractivity contribution in [3.8, 4) is 5.75 Å². The van der Waals surface area contributed by atoms with E-state index in [0.29, 0.717) is 22.7 Å². The van der Waals surface area contributed by atoms with Crippen molar-refractivity contribution in [1.29, 1.82) is 0 Å². The Morgan fingerprint density at radius 2 is 1.95 bits per heavy atom. The van der Waals surface area contributed by atoms with Crippen LogP contribution in [0.3, 0.4) is 0 Å². The van der Waals surface area contributed by atoms with E-state index < -0.39 is 0 Å². The van der Waals surface area contributed by atoms with Crippen molar-refractivity contribution >= 4 is 11.5 Å². The molecule has 0 amide bonds. The smallest absolute Gasteiger partial charge is 0.215 e. The predicted molar refractivity (Wildman–Crippen MR) is 74.5 cm³/mol. The molecule has 98 valence electrons. The molecule has 19 heavy (non-hydrogen) atoms. The predicted octanol–water partition coefficient (Wildman–Crippen LogP) is 2.52. The summed E-state index contributed by atoms with van der Waals surface area (Å²) in [4.78, 5) is 16.5. The first-order chi connectivity index (χ1) is 9.04. The highest BCUT2D eigenvalue weighted by Gasteiger charge is 2.17. The molecule has 0 aliphatic carbocycles. The summed E-state index contributed by atoms with van der Waals surface area (Å²) in [5.74, 6) is 0.434. The Morgan fingerprint density at radius 1 is 1.21 bits per heavy atom. The monoisotopic (exact) mass is 256 g/mol. The molecule has 0 fully saturated rings. The molecule has 2 aromatic rings. The molecule has 0 aliphatic heterocycles. The Kier molecular flexibility index (Phi) is 3.51. The lowest BCUT2D eigenvalue weighted by Crippen LogP contribution is -2.08. The van der Waals surface area contributed by atoms with E-state index in [0.717, 1.165) is 11.1 Å². The first-order valence-corrected chi connectivity index (χ1v) is 5.95. The summed E-state index contributed by atoms with van der Waals surface area (Å²) in [6.45, 7) is 3.91. The summed E-state index contributed by atoms with van der Waals surface area (Å²) in [5.41, 5.74) is 9.02. The highest BCUT2D eigenvalue weighted by Crippen LogP contribution is 2.27. The second-order valence-electron chi connectivity index (χ2n) is 4.39. The van der Waals surface area contributed by atoms with Crippen LogP contribution < -0.4 is 10.5 Å². The largest absolute Gasteiger partial charge is 0.496 e. The highest BCUT2D eigenvalue weighted by molar-refractivity contribution is 6.09. The molecule has 2 rings (SSSR count). The number of nitrogens with zero attached hydrogens (tertiary/aromatic N) is 1. The molecule has 4 nitrogen and oxygen atoms in total. The number of nitrogen functional groups attached to an aromatic ring is 1. The molecule has 4 heteroatoms. The fraction of sp³-hybridized carbons (Fsp3) is 0.200. The first kappa shape index (κ1) is 13.1. The molecule has 1 aromatic heterocycles. The maximum atomic E-state index is 12.4. The summed E-state index contributed by atoms with van der Waals surface area (Å²) < 4.78 is 5.35. The minimum Gasteiger partial charge on any atom is -0.496 e. The second-order valence-corrected chi connectivity index (χ2v) is 4.39. The van der Waals surface area contributed by atoms with Crippen LogP contribution in [-0.2, 0) is 0 Å². The number of carbonyl (C=O) groups is 1. The van der Waals surface area contributed by atoms with E-state index in [1.165, 1.54) is 6.20 Å². The van der Waals surface area contributed by atoms with Crippen molar-refractivity contribution in [2.45, 2.75) is 13.8 Å². The van der Waals surface area contributed by atoms with Gasteiger partial charge in [-0.2, -0.15) is 0 Å². The Balaban J connectivity index is 2.50. The number of aryl methyl sites for hydroxylation is 1. The molecule has 1 aromatic carbocycles. The zero-order chi connectivity index (χ0) is 14.0. The van der Waals surface area contributed by atoms with E-state index in [1.54, 1.807) is 25.3 Å². The lowest BCUT2D eigenvalue weighted by atomic mass is 10.00. The fourth-order valence-corrected chi connectivity index (χ4v) is 1.91. The second kappa shape index (κ2) is 5.10. The average molecular weight is 256 g/mol. The zero-order valence-electron chi connectivity index (χ0n) is 11.2. The number of benzene rings is 1. The van der Waals surface area contributed by atoms with E-state index in [2.05, 4.69) is 4.98 Å². The number of hydrogen-bond acceptors (Lipinski definition) is 4. The van der Waals surface area contributed by atoms with Crippen molar-refractivity contribution in [3.05, 3.63) is 52.8 Å². The van der Waals surface area contributed by atoms with Crippen LogP contribution in [0.15, 0.2) is 30.5 Å². The van der Waals surface area contributed by atoms with Crippen LogP contribution in [-0.4, -0.2) is 17.9 Å². The van der Waals surface area contributed by atoms with Gasteiger partial charge in [0.05, 0.1) is 24.6 Å². The lowest BCUT2D eigenvalue weighted by molar-refractivity contribution is 0.103. The number of pyridine rings is 1. The number of ether oxygens (including phenoxy) is 1. The molecule has 0 unspecified atom stereocenters. The number of ketones is 1. The van der Waals surface area contributed by atoms with Crippen LogP contribution in [0.4, 0.5) is 5.69 Å². The number of hydrogen-bond donors (Lipinski definition) is 1. The van der Waals surface area contributed by atoms with Gasteiger partial charge in [0.1, 0.15) is 11.4 Å². The number of aromatic nitrogens is 1. The molecular formula is C15H16N2O2. The number of rotatable bonds is 3. The molecule has 0 spiro atoms. The number of carbonyl (C=O) groups excluding carboxylic acids is 1. The molecule has 2 N–H and O–H groups in total. The summed E-state index contributed by atoms with van der Waals surface area (Å²) in [6.07, 6.45) is 1.47. The van der Waals surface area contributed by atoms with E-state index in [-0.39, 0.29) is 5.78 Å². The van der Waals surface area contributed by atoms with Gasteiger partial charge >= 0.3 is 0 Å². The summed E-state index contributed by atoms with van der Waals surface area (Å²) in [6, 6.07) is 6.95. The minimum atomic E-state index is -0.167. The van der Waals surface area contributed by atoms with Crippen LogP contribution in [0.25, 0.3) is 0 Å². The number of anilines is 1. The summed E-state index contributed by atoms with van der Waals surface area (Å²) in [7, 11) is 1.56. The third-order valence-corrected chi connectivity index (χ3v) is 3.14. The van der Waals surface area contributed by atoms with Crippen LogP contribution in [0, 0.1) is 13.8 Å². The molecule has 0 aliphatic rings. The van der Waals surface area contributed by atoms with E-state index >= 15 is 0 Å². The zero-order valence-corrected chi connectivity index (χ0v) is 11.2. The quantitative estimate of drug-likeness (QED) is 0.857. The van der Waals surface area contributed by atoms with Gasteiger partial charge in [0.25, 0.3) is 0 Å². The van der Waals surface area contributed by atoms with E-state index in [1.807, 2.05) is 19.9 Å². The van der Waals surface area contributed by atoms with Crippen molar-refractivity contribution in [2.24, 2.45) is 0 Å². The molecule has 0 saturated heterocycles. The number of methoxy groups -OCH3 is 1. The molecule has 1 heterocycles. The maximum Gasteiger partial charge on any atom is 0.215 e. The molecular weight excluding hydrogens is 240 g/mol. The van der Waals surface area contributed by atoms with Crippen LogP contribution in [0.1, 0.15) is 27.2 Å². The molecule has 0 bridgehead atoms. The third-order valence-electron chi connectivity index (χ3n) is 3.14. The van der Waals surface area contributed by atoms with Crippen LogP contribution >= 0.6 is 0 Å². The van der Waals surface area contributed by atoms with E-state index in [9.17, 15) is 4.79 Å². The Morgan fingerprint density at radius 3 is 2.53 bits per heavy atom. The highest BCUT2D eigenvalue weighted by atomic mass is 16.5. The van der Waals surface area contributed by atoms with Gasteiger partial charge in [-0.1, -0.05) is 6.07 Å². The standard InChI is InChI=1S/C15H16N2O2/c1-9-4-6-12(15(19-3)10(9)2)14(18)13-7-5-11(16)8-17-13/h4-8H,16H2,1-3H3. The van der Waals surface area contributed by atoms with Crippen LogP contribution in [0.5, 0.6) is 5.75 Å². The van der Waals surface area contributed by atoms with E-state index in [4.69, 9.17) is 10.5 Å². The van der Waals surface area contributed by atoms with Crippen molar-refractivity contribution in [1.82, 2.24) is 4.98 Å². The van der Waals surface area contributed by atoms with Gasteiger partial charge in [-0.05, 0) is 43.2 Å². The molecule has 0 saturated carbocycles. The summed E-state index contributed by atoms with van der Waals surface area (Å²) in [5, 5.41) is 0. The van der Waals surface area contributed by atoms with Gasteiger partial charge in [-0.3, -0.25) is 9.78 Å². The Bertz CT molecular complexity index is 619. The van der Waals surface area contributed by atoms with Gasteiger partial charge in [0.2, 0.25) is 5.78 Å². The van der Waals surface area contributed by atoms with Crippen molar-refractivity contribution in [2.75, 3.05) is 12.8 Å². The van der Waals surface area contributed by atoms with Crippen LogP contribution in [0.2, 0.25) is 0 Å². The van der Waals surface area contributed by atoms with Gasteiger partial charge in [-0.25, -0.2) is 0 Å². The van der Waals surface area contributed by atoms with Gasteiger partial charge in [0.15, 0.2) is 0 Å². The van der Waals surface area contributed by atoms with Crippen molar-refractivity contribution in [3.63, 3.8) is 0 Å². The Labute approximate surface area is 112 Å². The van der Waals surface area contributed by atoms with Crippen molar-refractivity contribution < 1.29 is 9.53 Å². The topological polar surface area (TPSA) is 65.2 Å². The first-order valence-electron chi connectivity index (χ1n) is 5.95. The van der Waals surface area contributed by atoms with Gasteiger partial charge < -0.3 is 10.5 Å². The fourth-order valence-electron chi connectivity index (χ4n) is 1.91. The number of nitrogens with two attached hydrogens (primary N) is 1. The molecule has 0 atom stereocenters. The maximum absolute atomic E-state index is 12.4. The minimum absolute atomic E-state index is 0.167. The SMILES string of the molecule is COc1c(C(=O)c2ccc(N)cn2)ccc(C)c1C. The molecule has 0 radical (unpaired) electrons. The Hall–Kier alpha value is -2.36. The summed E-state index contributed by atoms with van der Waals surface area (Å²) >= 11 is 0. The average Bonchev–Trinajstić information content (AvgIpc) is 2.41. The normalized spacial score (nSPS) is 10.3. The third kappa shape index (κ3) is 2.42.